The molecule has 0 saturated carbocycles. The smallest absolute Gasteiger partial charge is 0.0702 e. The summed E-state index contributed by atoms with van der Waals surface area (Å²) in [6.45, 7) is 8.85. The van der Waals surface area contributed by atoms with Crippen molar-refractivity contribution in [1.29, 1.82) is 0 Å². The fraction of sp³-hybridized carbons (Fsp3) is 1.00. The first-order chi connectivity index (χ1) is 8.24. The van der Waals surface area contributed by atoms with Gasteiger partial charge in [-0.05, 0) is 59.2 Å². The highest BCUT2D eigenvalue weighted by Crippen LogP contribution is 2.14. The van der Waals surface area contributed by atoms with Gasteiger partial charge in [-0.25, -0.2) is 0 Å². The lowest BCUT2D eigenvalue weighted by Crippen LogP contribution is -2.39. The van der Waals surface area contributed by atoms with Crippen molar-refractivity contribution in [2.45, 2.75) is 58.1 Å². The molecule has 0 spiro atoms. The second kappa shape index (κ2) is 8.90. The third-order valence-corrected chi connectivity index (χ3v) is 3.68. The Morgan fingerprint density at radius 1 is 1.35 bits per heavy atom. The Kier molecular flexibility index (Phi) is 7.82. The van der Waals surface area contributed by atoms with E-state index in [9.17, 15) is 0 Å². The second-order valence-electron chi connectivity index (χ2n) is 5.32. The highest BCUT2D eigenvalue weighted by Gasteiger charge is 2.18. The number of hydrogen-bond donors (Lipinski definition) is 1. The molecule has 3 heteroatoms. The molecule has 1 saturated heterocycles. The van der Waals surface area contributed by atoms with Gasteiger partial charge >= 0.3 is 0 Å². The van der Waals surface area contributed by atoms with E-state index in [0.29, 0.717) is 12.1 Å². The Bertz CT molecular complexity index is 181. The molecule has 1 aliphatic rings. The SMILES string of the molecule is CCCNCCC(C)N(C)CC1CCCCO1. The van der Waals surface area contributed by atoms with Crippen LogP contribution in [-0.4, -0.2) is 50.3 Å². The topological polar surface area (TPSA) is 24.5 Å². The van der Waals surface area contributed by atoms with E-state index in [1.54, 1.807) is 0 Å². The Balaban J connectivity index is 2.10. The van der Waals surface area contributed by atoms with Crippen molar-refractivity contribution >= 4 is 0 Å². The molecule has 1 fully saturated rings. The first-order valence-electron chi connectivity index (χ1n) is 7.26. The van der Waals surface area contributed by atoms with Crippen LogP contribution < -0.4 is 5.32 Å². The summed E-state index contributed by atoms with van der Waals surface area (Å²) in [5.74, 6) is 0. The summed E-state index contributed by atoms with van der Waals surface area (Å²) in [7, 11) is 2.22. The summed E-state index contributed by atoms with van der Waals surface area (Å²) >= 11 is 0. The maximum absolute atomic E-state index is 5.78. The molecule has 17 heavy (non-hydrogen) atoms. The quantitative estimate of drug-likeness (QED) is 0.661. The molecule has 0 aromatic heterocycles. The van der Waals surface area contributed by atoms with E-state index in [2.05, 4.69) is 31.1 Å². The third kappa shape index (κ3) is 6.39. The van der Waals surface area contributed by atoms with E-state index in [0.717, 1.165) is 26.2 Å². The van der Waals surface area contributed by atoms with E-state index < -0.39 is 0 Å². The van der Waals surface area contributed by atoms with Gasteiger partial charge in [0.2, 0.25) is 0 Å². The maximum atomic E-state index is 5.78. The van der Waals surface area contributed by atoms with Crippen LogP contribution in [0.4, 0.5) is 0 Å². The highest BCUT2D eigenvalue weighted by atomic mass is 16.5. The van der Waals surface area contributed by atoms with E-state index in [1.807, 2.05) is 0 Å². The molecule has 0 radical (unpaired) electrons. The monoisotopic (exact) mass is 242 g/mol. The van der Waals surface area contributed by atoms with E-state index in [1.165, 1.54) is 32.1 Å². The first kappa shape index (κ1) is 14.9. The Hall–Kier alpha value is -0.120. The third-order valence-electron chi connectivity index (χ3n) is 3.68. The predicted molar refractivity (Wildman–Crippen MR) is 73.5 cm³/mol. The molecule has 0 amide bonds. The Morgan fingerprint density at radius 3 is 2.82 bits per heavy atom. The van der Waals surface area contributed by atoms with E-state index in [4.69, 9.17) is 4.74 Å². The summed E-state index contributed by atoms with van der Waals surface area (Å²) < 4.78 is 5.78. The van der Waals surface area contributed by atoms with Crippen molar-refractivity contribution in [2.75, 3.05) is 33.3 Å². The van der Waals surface area contributed by atoms with Gasteiger partial charge in [0.1, 0.15) is 0 Å². The molecule has 0 aromatic rings. The minimum absolute atomic E-state index is 0.472. The molecular weight excluding hydrogens is 212 g/mol. The van der Waals surface area contributed by atoms with Gasteiger partial charge in [0.05, 0.1) is 6.10 Å². The second-order valence-corrected chi connectivity index (χ2v) is 5.32. The zero-order valence-corrected chi connectivity index (χ0v) is 11.9. The van der Waals surface area contributed by atoms with Crippen molar-refractivity contribution < 1.29 is 4.74 Å². The van der Waals surface area contributed by atoms with Crippen LogP contribution in [0, 0.1) is 0 Å². The predicted octanol–water partition coefficient (Wildman–Crippen LogP) is 2.27. The van der Waals surface area contributed by atoms with Crippen molar-refractivity contribution in [3.63, 3.8) is 0 Å². The zero-order chi connectivity index (χ0) is 12.5. The van der Waals surface area contributed by atoms with Gasteiger partial charge in [0.25, 0.3) is 0 Å². The van der Waals surface area contributed by atoms with E-state index in [-0.39, 0.29) is 0 Å². The number of nitrogens with one attached hydrogen (secondary N) is 1. The molecule has 1 aliphatic heterocycles. The minimum atomic E-state index is 0.472. The van der Waals surface area contributed by atoms with E-state index >= 15 is 0 Å². The fourth-order valence-electron chi connectivity index (χ4n) is 2.29. The number of nitrogens with zero attached hydrogens (tertiary/aromatic N) is 1. The number of likely N-dealkylation sites (N-methyl/N-ethyl adjacent to an activating group) is 1. The van der Waals surface area contributed by atoms with Crippen molar-refractivity contribution in [3.8, 4) is 0 Å². The molecular formula is C14H30N2O. The highest BCUT2D eigenvalue weighted by molar-refractivity contribution is 4.72. The van der Waals surface area contributed by atoms with Crippen LogP contribution in [0.5, 0.6) is 0 Å². The van der Waals surface area contributed by atoms with Crippen LogP contribution in [0.3, 0.4) is 0 Å². The molecule has 0 aliphatic carbocycles. The molecule has 1 heterocycles. The van der Waals surface area contributed by atoms with Gasteiger partial charge in [0.15, 0.2) is 0 Å². The minimum Gasteiger partial charge on any atom is -0.377 e. The molecule has 0 bridgehead atoms. The molecule has 2 atom stereocenters. The van der Waals surface area contributed by atoms with Gasteiger partial charge < -0.3 is 15.0 Å². The zero-order valence-electron chi connectivity index (χ0n) is 11.9. The van der Waals surface area contributed by atoms with Crippen LogP contribution in [0.1, 0.15) is 46.0 Å². The van der Waals surface area contributed by atoms with Crippen LogP contribution in [0.2, 0.25) is 0 Å². The van der Waals surface area contributed by atoms with Gasteiger partial charge in [-0.2, -0.15) is 0 Å². The lowest BCUT2D eigenvalue weighted by Gasteiger charge is -2.31. The number of hydrogen-bond acceptors (Lipinski definition) is 3. The van der Waals surface area contributed by atoms with Gasteiger partial charge in [0, 0.05) is 19.2 Å². The molecule has 3 nitrogen and oxygen atoms in total. The summed E-state index contributed by atoms with van der Waals surface area (Å²) in [5.41, 5.74) is 0. The summed E-state index contributed by atoms with van der Waals surface area (Å²) in [4.78, 5) is 2.45. The van der Waals surface area contributed by atoms with Gasteiger partial charge in [-0.1, -0.05) is 6.92 Å². The normalized spacial score (nSPS) is 22.9. The molecule has 0 aromatic carbocycles. The average molecular weight is 242 g/mol. The van der Waals surface area contributed by atoms with Gasteiger partial charge in [-0.15, -0.1) is 0 Å². The van der Waals surface area contributed by atoms with Crippen molar-refractivity contribution in [1.82, 2.24) is 10.2 Å². The molecule has 2 unspecified atom stereocenters. The van der Waals surface area contributed by atoms with Crippen LogP contribution in [0.15, 0.2) is 0 Å². The summed E-state index contributed by atoms with van der Waals surface area (Å²) in [6, 6.07) is 0.643. The molecule has 102 valence electrons. The van der Waals surface area contributed by atoms with Crippen molar-refractivity contribution in [2.24, 2.45) is 0 Å². The Morgan fingerprint density at radius 2 is 2.18 bits per heavy atom. The first-order valence-corrected chi connectivity index (χ1v) is 7.26. The number of ether oxygens (including phenoxy) is 1. The summed E-state index contributed by atoms with van der Waals surface area (Å²) in [5, 5.41) is 3.47. The lowest BCUT2D eigenvalue weighted by atomic mass is 10.1. The Labute approximate surface area is 107 Å². The summed E-state index contributed by atoms with van der Waals surface area (Å²) in [6.07, 6.45) is 6.75. The largest absolute Gasteiger partial charge is 0.377 e. The lowest BCUT2D eigenvalue weighted by molar-refractivity contribution is -0.00744. The maximum Gasteiger partial charge on any atom is 0.0702 e. The standard InChI is InChI=1S/C14H30N2O/c1-4-9-15-10-8-13(2)16(3)12-14-7-5-6-11-17-14/h13-15H,4-12H2,1-3H3. The van der Waals surface area contributed by atoms with Crippen LogP contribution in [0.25, 0.3) is 0 Å². The number of rotatable bonds is 8. The van der Waals surface area contributed by atoms with Gasteiger partial charge in [-0.3, -0.25) is 0 Å². The van der Waals surface area contributed by atoms with Crippen LogP contribution >= 0.6 is 0 Å². The van der Waals surface area contributed by atoms with Crippen molar-refractivity contribution in [3.05, 3.63) is 0 Å². The fourth-order valence-corrected chi connectivity index (χ4v) is 2.29. The molecule has 1 N–H and O–H groups in total. The average Bonchev–Trinajstić information content (AvgIpc) is 2.35. The van der Waals surface area contributed by atoms with Crippen LogP contribution in [-0.2, 0) is 4.74 Å². The molecule has 1 rings (SSSR count).